The standard InChI is InChI=1S/C21H18N4O3S/c1-28-15-8-6-14(7-9-15)23-21-24-20(27)18(29-21)10-13-11-25(12-19(22)26)17-5-3-2-4-16(13)17/h2-11H,12H2,1H3,(H2,22,26)(H,23,24,27)/b18-10-. The van der Waals surface area contributed by atoms with Crippen LogP contribution in [0.2, 0.25) is 0 Å². The van der Waals surface area contributed by atoms with Crippen LogP contribution < -0.4 is 15.8 Å². The van der Waals surface area contributed by atoms with E-state index in [4.69, 9.17) is 10.5 Å². The third kappa shape index (κ3) is 4.02. The maximum Gasteiger partial charge on any atom is 0.264 e. The van der Waals surface area contributed by atoms with Crippen LogP contribution in [0.4, 0.5) is 5.69 Å². The quantitative estimate of drug-likeness (QED) is 0.636. The van der Waals surface area contributed by atoms with Crippen LogP contribution in [0.5, 0.6) is 5.75 Å². The second-order valence-corrected chi connectivity index (χ2v) is 7.41. The lowest BCUT2D eigenvalue weighted by atomic mass is 10.1. The molecular formula is C21H18N4O3S. The van der Waals surface area contributed by atoms with Crippen molar-refractivity contribution in [2.24, 2.45) is 10.7 Å². The topological polar surface area (TPSA) is 98.7 Å². The van der Waals surface area contributed by atoms with Gasteiger partial charge in [0.25, 0.3) is 5.91 Å². The summed E-state index contributed by atoms with van der Waals surface area (Å²) in [6.07, 6.45) is 3.63. The zero-order chi connectivity index (χ0) is 20.4. The minimum atomic E-state index is -0.424. The van der Waals surface area contributed by atoms with Crippen molar-refractivity contribution in [1.82, 2.24) is 9.88 Å². The zero-order valence-electron chi connectivity index (χ0n) is 15.6. The van der Waals surface area contributed by atoms with Gasteiger partial charge in [-0.2, -0.15) is 0 Å². The maximum atomic E-state index is 12.4. The van der Waals surface area contributed by atoms with Gasteiger partial charge in [-0.3, -0.25) is 9.59 Å². The maximum absolute atomic E-state index is 12.4. The minimum Gasteiger partial charge on any atom is -0.497 e. The highest BCUT2D eigenvalue weighted by Crippen LogP contribution is 2.31. The molecule has 0 radical (unpaired) electrons. The number of hydrogen-bond donors (Lipinski definition) is 2. The molecule has 29 heavy (non-hydrogen) atoms. The zero-order valence-corrected chi connectivity index (χ0v) is 16.4. The van der Waals surface area contributed by atoms with E-state index in [0.717, 1.165) is 22.2 Å². The van der Waals surface area contributed by atoms with Crippen LogP contribution >= 0.6 is 11.8 Å². The number of aliphatic imine (C=N–C) groups is 1. The highest BCUT2D eigenvalue weighted by molar-refractivity contribution is 8.18. The van der Waals surface area contributed by atoms with Gasteiger partial charge in [0, 0.05) is 22.7 Å². The molecule has 2 aromatic carbocycles. The lowest BCUT2D eigenvalue weighted by molar-refractivity contribution is -0.118. The largest absolute Gasteiger partial charge is 0.497 e. The number of para-hydroxylation sites is 1. The van der Waals surface area contributed by atoms with Gasteiger partial charge in [-0.05, 0) is 48.2 Å². The number of rotatable bonds is 5. The molecule has 2 heterocycles. The van der Waals surface area contributed by atoms with Gasteiger partial charge < -0.3 is 20.4 Å². The summed E-state index contributed by atoms with van der Waals surface area (Å²) in [7, 11) is 1.60. The molecule has 146 valence electrons. The van der Waals surface area contributed by atoms with Crippen LogP contribution in [0.1, 0.15) is 5.56 Å². The number of nitrogens with zero attached hydrogens (tertiary/aromatic N) is 2. The summed E-state index contributed by atoms with van der Waals surface area (Å²) in [5, 5.41) is 4.23. The average molecular weight is 406 g/mol. The summed E-state index contributed by atoms with van der Waals surface area (Å²) in [4.78, 5) is 28.8. The number of amidine groups is 1. The number of carbonyl (C=O) groups is 2. The van der Waals surface area contributed by atoms with Gasteiger partial charge in [-0.1, -0.05) is 18.2 Å². The van der Waals surface area contributed by atoms with E-state index in [9.17, 15) is 9.59 Å². The second kappa shape index (κ2) is 7.84. The molecule has 2 amide bonds. The molecule has 0 unspecified atom stereocenters. The molecule has 3 aromatic rings. The molecule has 0 atom stereocenters. The van der Waals surface area contributed by atoms with Gasteiger partial charge in [0.05, 0.1) is 17.7 Å². The number of benzene rings is 2. The first kappa shape index (κ1) is 18.8. The van der Waals surface area contributed by atoms with Crippen molar-refractivity contribution in [2.45, 2.75) is 6.54 Å². The predicted molar refractivity (Wildman–Crippen MR) is 115 cm³/mol. The number of nitrogens with two attached hydrogens (primary N) is 1. The number of carbonyl (C=O) groups excluding carboxylic acids is 2. The first-order valence-electron chi connectivity index (χ1n) is 8.83. The SMILES string of the molecule is COc1ccc(N=C2NC(=O)/C(=C/c3cn(CC(N)=O)c4ccccc34)S2)cc1. The Balaban J connectivity index is 1.64. The highest BCUT2D eigenvalue weighted by atomic mass is 32.2. The van der Waals surface area contributed by atoms with Gasteiger partial charge in [0.2, 0.25) is 5.91 Å². The van der Waals surface area contributed by atoms with Crippen LogP contribution in [0, 0.1) is 0 Å². The number of hydrogen-bond acceptors (Lipinski definition) is 5. The molecule has 1 aliphatic heterocycles. The van der Waals surface area contributed by atoms with Crippen LogP contribution in [-0.2, 0) is 16.1 Å². The van der Waals surface area contributed by atoms with E-state index in [2.05, 4.69) is 10.3 Å². The first-order chi connectivity index (χ1) is 14.0. The molecule has 8 heteroatoms. The summed E-state index contributed by atoms with van der Waals surface area (Å²) in [5.41, 5.74) is 7.79. The van der Waals surface area contributed by atoms with E-state index in [0.29, 0.717) is 15.8 Å². The van der Waals surface area contributed by atoms with Gasteiger partial charge >= 0.3 is 0 Å². The monoisotopic (exact) mass is 406 g/mol. The van der Waals surface area contributed by atoms with Crippen LogP contribution in [0.3, 0.4) is 0 Å². The number of ether oxygens (including phenoxy) is 1. The Morgan fingerprint density at radius 2 is 2.00 bits per heavy atom. The predicted octanol–water partition coefficient (Wildman–Crippen LogP) is 3.03. The van der Waals surface area contributed by atoms with E-state index in [1.54, 1.807) is 17.8 Å². The summed E-state index contributed by atoms with van der Waals surface area (Å²) in [6.45, 7) is 0.0766. The summed E-state index contributed by atoms with van der Waals surface area (Å²) in [5.74, 6) is 0.103. The van der Waals surface area contributed by atoms with Crippen molar-refractivity contribution in [2.75, 3.05) is 7.11 Å². The number of fused-ring (bicyclic) bond motifs is 1. The van der Waals surface area contributed by atoms with Gasteiger partial charge in [0.15, 0.2) is 5.17 Å². The molecule has 1 aliphatic rings. The van der Waals surface area contributed by atoms with Crippen LogP contribution in [0.25, 0.3) is 17.0 Å². The van der Waals surface area contributed by atoms with E-state index in [1.807, 2.05) is 54.7 Å². The number of primary amides is 1. The molecule has 7 nitrogen and oxygen atoms in total. The molecule has 0 spiro atoms. The van der Waals surface area contributed by atoms with E-state index >= 15 is 0 Å². The fourth-order valence-electron chi connectivity index (χ4n) is 3.08. The van der Waals surface area contributed by atoms with E-state index < -0.39 is 5.91 Å². The van der Waals surface area contributed by atoms with Crippen molar-refractivity contribution in [3.05, 3.63) is 65.2 Å². The first-order valence-corrected chi connectivity index (χ1v) is 9.65. The molecule has 1 saturated heterocycles. The van der Waals surface area contributed by atoms with Crippen molar-refractivity contribution in [3.63, 3.8) is 0 Å². The second-order valence-electron chi connectivity index (χ2n) is 6.38. The van der Waals surface area contributed by atoms with Crippen molar-refractivity contribution in [3.8, 4) is 5.75 Å². The summed E-state index contributed by atoms with van der Waals surface area (Å²) < 4.78 is 6.92. The molecule has 0 bridgehead atoms. The van der Waals surface area contributed by atoms with Gasteiger partial charge in [-0.15, -0.1) is 0 Å². The Hall–Kier alpha value is -3.52. The molecule has 1 fully saturated rings. The Labute approximate surface area is 171 Å². The smallest absolute Gasteiger partial charge is 0.264 e. The minimum absolute atomic E-state index is 0.0766. The molecule has 4 rings (SSSR count). The third-order valence-corrected chi connectivity index (χ3v) is 5.30. The Morgan fingerprint density at radius 3 is 2.72 bits per heavy atom. The molecule has 0 aliphatic carbocycles. The average Bonchev–Trinajstić information content (AvgIpc) is 3.22. The Bertz CT molecular complexity index is 1160. The molecular weight excluding hydrogens is 388 g/mol. The summed E-state index contributed by atoms with van der Waals surface area (Å²) in [6, 6.07) is 14.9. The van der Waals surface area contributed by atoms with E-state index in [1.165, 1.54) is 11.8 Å². The lowest BCUT2D eigenvalue weighted by Gasteiger charge is -2.00. The van der Waals surface area contributed by atoms with Crippen LogP contribution in [-0.4, -0.2) is 28.7 Å². The molecule has 0 saturated carbocycles. The number of methoxy groups -OCH3 is 1. The normalized spacial score (nSPS) is 16.5. The highest BCUT2D eigenvalue weighted by Gasteiger charge is 2.24. The number of thioether (sulfide) groups is 1. The Morgan fingerprint density at radius 1 is 1.24 bits per heavy atom. The van der Waals surface area contributed by atoms with Gasteiger partial charge in [-0.25, -0.2) is 4.99 Å². The van der Waals surface area contributed by atoms with Crippen molar-refractivity contribution >= 4 is 51.4 Å². The van der Waals surface area contributed by atoms with Crippen molar-refractivity contribution < 1.29 is 14.3 Å². The molecule has 1 aromatic heterocycles. The Kier molecular flexibility index (Phi) is 5.09. The number of aromatic nitrogens is 1. The van der Waals surface area contributed by atoms with Crippen LogP contribution in [0.15, 0.2) is 64.6 Å². The summed E-state index contributed by atoms with van der Waals surface area (Å²) >= 11 is 1.27. The lowest BCUT2D eigenvalue weighted by Crippen LogP contribution is -2.19. The van der Waals surface area contributed by atoms with Gasteiger partial charge in [0.1, 0.15) is 12.3 Å². The molecule has 3 N–H and O–H groups in total. The van der Waals surface area contributed by atoms with Crippen molar-refractivity contribution in [1.29, 1.82) is 0 Å². The number of amides is 2. The fourth-order valence-corrected chi connectivity index (χ4v) is 3.92. The number of nitrogens with one attached hydrogen (secondary N) is 1. The fraction of sp³-hybridized carbons (Fsp3) is 0.0952. The van der Waals surface area contributed by atoms with E-state index in [-0.39, 0.29) is 12.5 Å². The third-order valence-electron chi connectivity index (χ3n) is 4.39.